The van der Waals surface area contributed by atoms with Gasteiger partial charge in [-0.2, -0.15) is 0 Å². The van der Waals surface area contributed by atoms with Crippen LogP contribution in [0.3, 0.4) is 0 Å². The van der Waals surface area contributed by atoms with Crippen LogP contribution in [0.5, 0.6) is 0 Å². The molecule has 150 valence electrons. The van der Waals surface area contributed by atoms with Crippen molar-refractivity contribution in [3.8, 4) is 11.3 Å². The average molecular weight is 389 g/mol. The smallest absolute Gasteiger partial charge is 0.337 e. The summed E-state index contributed by atoms with van der Waals surface area (Å²) in [5, 5.41) is 4.93. The molecule has 1 aromatic heterocycles. The largest absolute Gasteiger partial charge is 0.465 e. The number of carbonyl (C=O) groups excluding carboxylic acids is 1. The van der Waals surface area contributed by atoms with Gasteiger partial charge in [0.2, 0.25) is 0 Å². The van der Waals surface area contributed by atoms with Crippen LogP contribution >= 0.6 is 0 Å². The second-order valence-electron chi connectivity index (χ2n) is 8.30. The first kappa shape index (κ1) is 18.3. The molecule has 1 aliphatic heterocycles. The van der Waals surface area contributed by atoms with Gasteiger partial charge in [0.1, 0.15) is 0 Å². The van der Waals surface area contributed by atoms with Crippen molar-refractivity contribution in [1.82, 2.24) is 4.57 Å². The van der Waals surface area contributed by atoms with Crippen molar-refractivity contribution in [2.24, 2.45) is 0 Å². The quantitative estimate of drug-likeness (QED) is 0.551. The number of benzene rings is 2. The number of nitrogens with one attached hydrogen (secondary N) is 1. The summed E-state index contributed by atoms with van der Waals surface area (Å²) in [7, 11) is 1.45. The maximum Gasteiger partial charge on any atom is 0.337 e. The number of ether oxygens (including phenoxy) is 1. The summed E-state index contributed by atoms with van der Waals surface area (Å²) in [6.45, 7) is 1.90. The van der Waals surface area contributed by atoms with Crippen molar-refractivity contribution in [2.45, 2.75) is 51.0 Å². The van der Waals surface area contributed by atoms with E-state index in [0.717, 1.165) is 19.5 Å². The van der Waals surface area contributed by atoms with E-state index in [1.54, 1.807) is 0 Å². The fraction of sp³-hybridized carbons (Fsp3) is 0.400. The number of anilines is 1. The number of hydrogen-bond donors (Lipinski definition) is 1. The normalized spacial score (nSPS) is 17.0. The molecule has 2 heterocycles. The molecule has 4 heteroatoms. The van der Waals surface area contributed by atoms with Crippen LogP contribution in [0.15, 0.2) is 42.5 Å². The molecule has 2 aliphatic rings. The molecule has 4 nitrogen and oxygen atoms in total. The Morgan fingerprint density at radius 1 is 1.07 bits per heavy atom. The zero-order valence-corrected chi connectivity index (χ0v) is 17.0. The monoisotopic (exact) mass is 388 g/mol. The van der Waals surface area contributed by atoms with Crippen LogP contribution in [-0.4, -0.2) is 24.2 Å². The first-order valence-corrected chi connectivity index (χ1v) is 10.9. The van der Waals surface area contributed by atoms with Gasteiger partial charge in [-0.1, -0.05) is 43.5 Å². The average Bonchev–Trinajstić information content (AvgIpc) is 3.08. The van der Waals surface area contributed by atoms with Crippen molar-refractivity contribution >= 4 is 22.6 Å². The van der Waals surface area contributed by atoms with Gasteiger partial charge in [-0.05, 0) is 48.9 Å². The highest BCUT2D eigenvalue weighted by molar-refractivity contribution is 5.99. The first-order chi connectivity index (χ1) is 14.3. The Morgan fingerprint density at radius 3 is 2.72 bits per heavy atom. The van der Waals surface area contributed by atoms with E-state index in [1.165, 1.54) is 72.6 Å². The minimum absolute atomic E-state index is 0.269. The lowest BCUT2D eigenvalue weighted by Crippen LogP contribution is -2.14. The Hall–Kier alpha value is -2.75. The molecule has 29 heavy (non-hydrogen) atoms. The molecule has 1 N–H and O–H groups in total. The predicted octanol–water partition coefficient (Wildman–Crippen LogP) is 5.96. The van der Waals surface area contributed by atoms with Crippen LogP contribution in [0.4, 0.5) is 5.69 Å². The van der Waals surface area contributed by atoms with E-state index < -0.39 is 0 Å². The van der Waals surface area contributed by atoms with E-state index in [4.69, 9.17) is 4.74 Å². The minimum Gasteiger partial charge on any atom is -0.465 e. The maximum absolute atomic E-state index is 12.2. The summed E-state index contributed by atoms with van der Waals surface area (Å²) in [5.74, 6) is 0.313. The molecule has 0 atom stereocenters. The number of fused-ring (bicyclic) bond motifs is 5. The van der Waals surface area contributed by atoms with Gasteiger partial charge in [-0.25, -0.2) is 4.79 Å². The minimum atomic E-state index is -0.269. The second-order valence-corrected chi connectivity index (χ2v) is 8.30. The number of aromatic nitrogens is 1. The summed E-state index contributed by atoms with van der Waals surface area (Å²) in [6, 6.07) is 14.8. The Labute approximate surface area is 171 Å². The maximum atomic E-state index is 12.2. The van der Waals surface area contributed by atoms with E-state index in [0.29, 0.717) is 11.5 Å². The molecule has 2 aromatic carbocycles. The number of nitrogens with zero attached hydrogens (tertiary/aromatic N) is 1. The number of rotatable bonds is 2. The molecular weight excluding hydrogens is 360 g/mol. The van der Waals surface area contributed by atoms with Gasteiger partial charge >= 0.3 is 5.97 Å². The fourth-order valence-electron chi connectivity index (χ4n) is 5.25. The number of esters is 1. The van der Waals surface area contributed by atoms with Gasteiger partial charge in [-0.15, -0.1) is 0 Å². The molecule has 0 saturated heterocycles. The van der Waals surface area contributed by atoms with Crippen LogP contribution in [0, 0.1) is 0 Å². The van der Waals surface area contributed by atoms with Crippen LogP contribution in [-0.2, 0) is 11.3 Å². The van der Waals surface area contributed by atoms with Crippen molar-refractivity contribution in [3.63, 3.8) is 0 Å². The third-order valence-electron chi connectivity index (χ3n) is 6.59. The topological polar surface area (TPSA) is 43.3 Å². The van der Waals surface area contributed by atoms with Crippen molar-refractivity contribution < 1.29 is 9.53 Å². The van der Waals surface area contributed by atoms with Crippen molar-refractivity contribution in [3.05, 3.63) is 53.6 Å². The second kappa shape index (κ2) is 7.58. The van der Waals surface area contributed by atoms with Gasteiger partial charge in [0.15, 0.2) is 0 Å². The third-order valence-corrected chi connectivity index (χ3v) is 6.59. The molecule has 0 unspecified atom stereocenters. The molecule has 0 spiro atoms. The van der Waals surface area contributed by atoms with Gasteiger partial charge in [0.25, 0.3) is 0 Å². The Balaban J connectivity index is 1.82. The highest BCUT2D eigenvalue weighted by Crippen LogP contribution is 2.46. The summed E-state index contributed by atoms with van der Waals surface area (Å²) in [6.07, 6.45) is 7.50. The number of methoxy groups -OCH3 is 1. The molecule has 1 saturated carbocycles. The predicted molar refractivity (Wildman–Crippen MR) is 118 cm³/mol. The van der Waals surface area contributed by atoms with Gasteiger partial charge in [0.05, 0.1) is 18.4 Å². The number of carbonyl (C=O) groups is 1. The number of para-hydroxylation sites is 1. The van der Waals surface area contributed by atoms with Crippen LogP contribution in [0.1, 0.15) is 60.4 Å². The van der Waals surface area contributed by atoms with Gasteiger partial charge < -0.3 is 14.6 Å². The van der Waals surface area contributed by atoms with E-state index in [1.807, 2.05) is 12.1 Å². The van der Waals surface area contributed by atoms with Crippen molar-refractivity contribution in [1.29, 1.82) is 0 Å². The number of hydrogen-bond acceptors (Lipinski definition) is 3. The zero-order valence-electron chi connectivity index (χ0n) is 17.0. The first-order valence-electron chi connectivity index (χ1n) is 10.9. The van der Waals surface area contributed by atoms with E-state index in [9.17, 15) is 4.79 Å². The van der Waals surface area contributed by atoms with Crippen LogP contribution < -0.4 is 5.32 Å². The molecule has 1 aliphatic carbocycles. The summed E-state index contributed by atoms with van der Waals surface area (Å²) >= 11 is 0. The van der Waals surface area contributed by atoms with Crippen LogP contribution in [0.2, 0.25) is 0 Å². The van der Waals surface area contributed by atoms with Crippen molar-refractivity contribution in [2.75, 3.05) is 19.0 Å². The third kappa shape index (κ3) is 3.11. The summed E-state index contributed by atoms with van der Waals surface area (Å²) in [5.41, 5.74) is 7.11. The highest BCUT2D eigenvalue weighted by atomic mass is 16.5. The lowest BCUT2D eigenvalue weighted by Gasteiger charge is -2.25. The summed E-state index contributed by atoms with van der Waals surface area (Å²) < 4.78 is 7.46. The lowest BCUT2D eigenvalue weighted by molar-refractivity contribution is 0.0601. The standard InChI is InChI=1S/C25H28N2O2/c1-29-25(28)18-12-13-20-22(16-18)27-15-7-14-26-21-11-6-5-10-19(21)24(27)23(20)17-8-3-2-4-9-17/h5-6,10-13,16-17,26H,2-4,7-9,14-15H2,1H3. The number of aryl methyl sites for hydroxylation is 1. The van der Waals surface area contributed by atoms with Gasteiger partial charge in [0, 0.05) is 35.2 Å². The van der Waals surface area contributed by atoms with Gasteiger partial charge in [-0.3, -0.25) is 0 Å². The van der Waals surface area contributed by atoms with Crippen LogP contribution in [0.25, 0.3) is 22.2 Å². The zero-order chi connectivity index (χ0) is 19.8. The van der Waals surface area contributed by atoms with E-state index >= 15 is 0 Å². The molecule has 1 fully saturated rings. The summed E-state index contributed by atoms with van der Waals surface area (Å²) in [4.78, 5) is 12.2. The molecule has 0 amide bonds. The highest BCUT2D eigenvalue weighted by Gasteiger charge is 2.28. The van der Waals surface area contributed by atoms with E-state index in [2.05, 4.69) is 40.2 Å². The molecule has 5 rings (SSSR count). The fourth-order valence-corrected chi connectivity index (χ4v) is 5.25. The molecule has 0 bridgehead atoms. The SMILES string of the molecule is COC(=O)c1ccc2c(C3CCCCC3)c3n(c2c1)CCCNc1ccccc1-3. The Kier molecular flexibility index (Phi) is 4.78. The molecular formula is C25H28N2O2. The van der Waals surface area contributed by atoms with E-state index in [-0.39, 0.29) is 5.97 Å². The Bertz CT molecular complexity index is 1060. The molecule has 3 aromatic rings. The Morgan fingerprint density at radius 2 is 1.90 bits per heavy atom. The lowest BCUT2D eigenvalue weighted by atomic mass is 9.81. The molecule has 0 radical (unpaired) electrons.